The number of piperazine rings is 1. The number of nitrogens with zero attached hydrogens (tertiary/aromatic N) is 4. The number of hydrazone groups is 1. The summed E-state index contributed by atoms with van der Waals surface area (Å²) in [6, 6.07) is 12.5. The number of rotatable bonds is 5. The van der Waals surface area contributed by atoms with Crippen LogP contribution < -0.4 is 21.0 Å². The van der Waals surface area contributed by atoms with Crippen LogP contribution in [-0.4, -0.2) is 42.4 Å². The first-order chi connectivity index (χ1) is 13.4. The highest BCUT2D eigenvalue weighted by molar-refractivity contribution is 7.80. The van der Waals surface area contributed by atoms with Crippen LogP contribution in [0.15, 0.2) is 47.6 Å². The maximum atomic E-state index is 11.1. The topological polar surface area (TPSA) is 100 Å². The molecule has 0 unspecified atom stereocenters. The zero-order valence-electron chi connectivity index (χ0n) is 14.9. The van der Waals surface area contributed by atoms with Crippen molar-refractivity contribution < 1.29 is 4.92 Å². The predicted octanol–water partition coefficient (Wildman–Crippen LogP) is 2.74. The Morgan fingerprint density at radius 1 is 1.21 bits per heavy atom. The van der Waals surface area contributed by atoms with Crippen molar-refractivity contribution in [2.45, 2.75) is 0 Å². The molecule has 8 nitrogen and oxygen atoms in total. The smallest absolute Gasteiger partial charge is 0.270 e. The van der Waals surface area contributed by atoms with Gasteiger partial charge in [-0.05, 0) is 36.5 Å². The minimum atomic E-state index is -0.431. The van der Waals surface area contributed by atoms with E-state index in [0.717, 1.165) is 37.6 Å². The fraction of sp³-hybridized carbons (Fsp3) is 0.222. The third-order valence-electron chi connectivity index (χ3n) is 4.39. The number of nitro benzene ring substituents is 1. The first kappa shape index (κ1) is 19.8. The van der Waals surface area contributed by atoms with Gasteiger partial charge in [0.05, 0.1) is 11.1 Å². The summed E-state index contributed by atoms with van der Waals surface area (Å²) in [5, 5.41) is 15.8. The maximum absolute atomic E-state index is 11.1. The molecule has 1 aliphatic rings. The number of nitrogens with one attached hydrogen (secondary N) is 1. The van der Waals surface area contributed by atoms with Crippen molar-refractivity contribution in [1.29, 1.82) is 0 Å². The molecule has 3 rings (SSSR count). The summed E-state index contributed by atoms with van der Waals surface area (Å²) in [6.45, 7) is 3.12. The number of benzene rings is 2. The van der Waals surface area contributed by atoms with Gasteiger partial charge in [0.2, 0.25) is 0 Å². The zero-order valence-corrected chi connectivity index (χ0v) is 16.5. The number of anilines is 2. The van der Waals surface area contributed by atoms with Gasteiger partial charge in [-0.25, -0.2) is 0 Å². The van der Waals surface area contributed by atoms with E-state index in [2.05, 4.69) is 20.3 Å². The minimum Gasteiger partial charge on any atom is -0.375 e. The quantitative estimate of drug-likeness (QED) is 0.333. The molecule has 3 N–H and O–H groups in total. The van der Waals surface area contributed by atoms with Gasteiger partial charge in [0.15, 0.2) is 5.11 Å². The molecule has 1 saturated heterocycles. The molecule has 1 fully saturated rings. The molecule has 0 saturated carbocycles. The second-order valence-electron chi connectivity index (χ2n) is 6.19. The van der Waals surface area contributed by atoms with Crippen molar-refractivity contribution in [3.63, 3.8) is 0 Å². The number of nitro groups is 1. The van der Waals surface area contributed by atoms with Gasteiger partial charge in [0.1, 0.15) is 0 Å². The van der Waals surface area contributed by atoms with Gasteiger partial charge in [0, 0.05) is 60.3 Å². The van der Waals surface area contributed by atoms with Crippen LogP contribution in [-0.2, 0) is 0 Å². The van der Waals surface area contributed by atoms with Crippen LogP contribution in [0.5, 0.6) is 0 Å². The van der Waals surface area contributed by atoms with Gasteiger partial charge in [-0.3, -0.25) is 15.5 Å². The number of thiocarbonyl (C=S) groups is 1. The number of hydrogen-bond acceptors (Lipinski definition) is 6. The Hall–Kier alpha value is -2.91. The van der Waals surface area contributed by atoms with E-state index in [0.29, 0.717) is 10.6 Å². The lowest BCUT2D eigenvalue weighted by atomic mass is 10.1. The highest BCUT2D eigenvalue weighted by Gasteiger charge is 2.21. The molecule has 0 bridgehead atoms. The molecule has 10 heteroatoms. The van der Waals surface area contributed by atoms with E-state index in [4.69, 9.17) is 29.6 Å². The molecule has 1 aliphatic heterocycles. The number of hydrogen-bond donors (Lipinski definition) is 2. The monoisotopic (exact) mass is 418 g/mol. The molecule has 2 aromatic rings. The largest absolute Gasteiger partial charge is 0.375 e. The Labute approximate surface area is 172 Å². The molecule has 0 aromatic heterocycles. The normalized spacial score (nSPS) is 14.3. The zero-order chi connectivity index (χ0) is 20.1. The Kier molecular flexibility index (Phi) is 6.27. The summed E-state index contributed by atoms with van der Waals surface area (Å²) in [6.07, 6.45) is 1.49. The van der Waals surface area contributed by atoms with E-state index >= 15 is 0 Å². The molecule has 0 radical (unpaired) electrons. The van der Waals surface area contributed by atoms with E-state index in [1.54, 1.807) is 6.07 Å². The minimum absolute atomic E-state index is 0.00177. The Morgan fingerprint density at radius 2 is 1.93 bits per heavy atom. The predicted molar refractivity (Wildman–Crippen MR) is 116 cm³/mol. The Bertz CT molecular complexity index is 915. The summed E-state index contributed by atoms with van der Waals surface area (Å²) < 4.78 is 0. The molecular formula is C18H19ClN6O2S. The van der Waals surface area contributed by atoms with Crippen LogP contribution >= 0.6 is 23.8 Å². The maximum Gasteiger partial charge on any atom is 0.270 e. The molecule has 146 valence electrons. The highest BCUT2D eigenvalue weighted by Crippen LogP contribution is 2.27. The number of halogens is 1. The fourth-order valence-electron chi connectivity index (χ4n) is 3.09. The molecule has 28 heavy (non-hydrogen) atoms. The lowest BCUT2D eigenvalue weighted by Crippen LogP contribution is -2.46. The molecule has 0 aliphatic carbocycles. The van der Waals surface area contributed by atoms with Gasteiger partial charge < -0.3 is 15.5 Å². The SMILES string of the molecule is NC(=S)NN=Cc1cc([N+](=O)[O-])ccc1N1CCN(c2cccc(Cl)c2)CC1. The number of non-ortho nitro benzene ring substituents is 1. The van der Waals surface area contributed by atoms with Crippen LogP contribution in [0.3, 0.4) is 0 Å². The van der Waals surface area contributed by atoms with Crippen molar-refractivity contribution in [2.24, 2.45) is 10.8 Å². The van der Waals surface area contributed by atoms with Crippen molar-refractivity contribution in [1.82, 2.24) is 5.43 Å². The van der Waals surface area contributed by atoms with Gasteiger partial charge in [-0.15, -0.1) is 0 Å². The average Bonchev–Trinajstić information content (AvgIpc) is 2.68. The van der Waals surface area contributed by atoms with E-state index in [1.165, 1.54) is 18.3 Å². The van der Waals surface area contributed by atoms with Crippen molar-refractivity contribution >= 4 is 52.2 Å². The van der Waals surface area contributed by atoms with Gasteiger partial charge >= 0.3 is 0 Å². The summed E-state index contributed by atoms with van der Waals surface area (Å²) in [7, 11) is 0. The lowest BCUT2D eigenvalue weighted by Gasteiger charge is -2.38. The summed E-state index contributed by atoms with van der Waals surface area (Å²) in [4.78, 5) is 15.1. The molecule has 0 spiro atoms. The molecular weight excluding hydrogens is 400 g/mol. The van der Waals surface area contributed by atoms with Crippen LogP contribution in [0.1, 0.15) is 5.56 Å². The second-order valence-corrected chi connectivity index (χ2v) is 7.06. The Balaban J connectivity index is 1.78. The van der Waals surface area contributed by atoms with E-state index in [1.807, 2.05) is 24.3 Å². The molecule has 2 aromatic carbocycles. The third-order valence-corrected chi connectivity index (χ3v) is 4.72. The fourth-order valence-corrected chi connectivity index (χ4v) is 3.33. The van der Waals surface area contributed by atoms with Crippen molar-refractivity contribution in [3.05, 3.63) is 63.2 Å². The summed E-state index contributed by atoms with van der Waals surface area (Å²) >= 11 is 10.8. The van der Waals surface area contributed by atoms with E-state index in [9.17, 15) is 10.1 Å². The van der Waals surface area contributed by atoms with Crippen molar-refractivity contribution in [3.8, 4) is 0 Å². The highest BCUT2D eigenvalue weighted by atomic mass is 35.5. The number of nitrogens with two attached hydrogens (primary N) is 1. The average molecular weight is 419 g/mol. The lowest BCUT2D eigenvalue weighted by molar-refractivity contribution is -0.384. The van der Waals surface area contributed by atoms with E-state index in [-0.39, 0.29) is 10.8 Å². The van der Waals surface area contributed by atoms with Gasteiger partial charge in [-0.1, -0.05) is 17.7 Å². The molecule has 1 heterocycles. The van der Waals surface area contributed by atoms with Crippen LogP contribution in [0.4, 0.5) is 17.1 Å². The van der Waals surface area contributed by atoms with Crippen LogP contribution in [0.25, 0.3) is 0 Å². The van der Waals surface area contributed by atoms with Crippen LogP contribution in [0, 0.1) is 10.1 Å². The van der Waals surface area contributed by atoms with Gasteiger partial charge in [0.25, 0.3) is 5.69 Å². The first-order valence-corrected chi connectivity index (χ1v) is 9.35. The molecule has 0 amide bonds. The summed E-state index contributed by atoms with van der Waals surface area (Å²) in [5.41, 5.74) is 10.4. The second kappa shape index (κ2) is 8.85. The molecule has 0 atom stereocenters. The standard InChI is InChI=1S/C18H19ClN6O2S/c19-14-2-1-3-15(11-14)23-6-8-24(9-7-23)17-5-4-16(25(26)27)10-13(17)12-21-22-18(20)28/h1-5,10-12H,6-9H2,(H3,20,22,28). The van der Waals surface area contributed by atoms with E-state index < -0.39 is 4.92 Å². The van der Waals surface area contributed by atoms with Gasteiger partial charge in [-0.2, -0.15) is 5.10 Å². The van der Waals surface area contributed by atoms with Crippen LogP contribution in [0.2, 0.25) is 5.02 Å². The van der Waals surface area contributed by atoms with Crippen molar-refractivity contribution in [2.75, 3.05) is 36.0 Å². The first-order valence-electron chi connectivity index (χ1n) is 8.56. The summed E-state index contributed by atoms with van der Waals surface area (Å²) in [5.74, 6) is 0. The third kappa shape index (κ3) is 4.87. The Morgan fingerprint density at radius 3 is 2.57 bits per heavy atom.